The van der Waals surface area contributed by atoms with Crippen LogP contribution in [0, 0.1) is 0 Å². The first-order valence-corrected chi connectivity index (χ1v) is 11.0. The summed E-state index contributed by atoms with van der Waals surface area (Å²) in [5.41, 5.74) is -1.35. The average molecular weight is 468 g/mol. The molecule has 0 radical (unpaired) electrons. The molecule has 0 unspecified atom stereocenters. The zero-order valence-electron chi connectivity index (χ0n) is 18.6. The first-order valence-electron chi connectivity index (χ1n) is 11.0. The lowest BCUT2D eigenvalue weighted by Gasteiger charge is -2.37. The predicted octanol–water partition coefficient (Wildman–Crippen LogP) is 0.557. The molecule has 11 nitrogen and oxygen atoms in total. The third kappa shape index (κ3) is 3.72. The van der Waals surface area contributed by atoms with Crippen LogP contribution in [0.2, 0.25) is 0 Å². The van der Waals surface area contributed by atoms with E-state index in [2.05, 4.69) is 5.32 Å². The van der Waals surface area contributed by atoms with Crippen LogP contribution >= 0.6 is 0 Å². The molecule has 1 aromatic heterocycles. The number of nitrogens with zero attached hydrogens (tertiary/aromatic N) is 3. The molecule has 0 bridgehead atoms. The molecule has 0 saturated carbocycles. The summed E-state index contributed by atoms with van der Waals surface area (Å²) in [7, 11) is 0. The highest BCUT2D eigenvalue weighted by atomic mass is 16.6. The van der Waals surface area contributed by atoms with Crippen molar-refractivity contribution in [2.75, 3.05) is 39.3 Å². The molecule has 11 heteroatoms. The van der Waals surface area contributed by atoms with E-state index in [1.807, 2.05) is 12.1 Å². The van der Waals surface area contributed by atoms with Crippen molar-refractivity contribution in [3.05, 3.63) is 48.4 Å². The molecule has 3 aliphatic heterocycles. The van der Waals surface area contributed by atoms with Crippen molar-refractivity contribution in [2.45, 2.75) is 18.6 Å². The maximum absolute atomic E-state index is 12.9. The summed E-state index contributed by atoms with van der Waals surface area (Å²) < 4.78 is 16.7. The predicted molar refractivity (Wildman–Crippen MR) is 116 cm³/mol. The normalized spacial score (nSPS) is 24.3. The highest BCUT2D eigenvalue weighted by Gasteiger charge is 2.51. The Morgan fingerprint density at radius 1 is 1.03 bits per heavy atom. The third-order valence-electron chi connectivity index (χ3n) is 6.31. The van der Waals surface area contributed by atoms with E-state index in [1.54, 1.807) is 34.1 Å². The number of piperazine rings is 1. The minimum Gasteiger partial charge on any atom is -0.485 e. The lowest BCUT2D eigenvalue weighted by molar-refractivity contribution is -0.147. The SMILES string of the molecule is C[C@]1(c2ccco2)NC(=O)N(CC(=O)N2CCN(C(=O)[C@H]3COc4ccccc4O3)CC2)C1=O. The van der Waals surface area contributed by atoms with E-state index in [9.17, 15) is 19.2 Å². The van der Waals surface area contributed by atoms with Crippen LogP contribution in [0.15, 0.2) is 47.1 Å². The van der Waals surface area contributed by atoms with Crippen molar-refractivity contribution in [1.82, 2.24) is 20.0 Å². The summed E-state index contributed by atoms with van der Waals surface area (Å²) in [6.07, 6.45) is 0.667. The van der Waals surface area contributed by atoms with Gasteiger partial charge in [-0.25, -0.2) is 4.79 Å². The second-order valence-corrected chi connectivity index (χ2v) is 8.49. The second kappa shape index (κ2) is 8.40. The van der Waals surface area contributed by atoms with Crippen molar-refractivity contribution >= 4 is 23.8 Å². The number of carbonyl (C=O) groups excluding carboxylic acids is 4. The van der Waals surface area contributed by atoms with Crippen LogP contribution < -0.4 is 14.8 Å². The van der Waals surface area contributed by atoms with Gasteiger partial charge in [-0.1, -0.05) is 12.1 Å². The van der Waals surface area contributed by atoms with Gasteiger partial charge in [0.1, 0.15) is 18.9 Å². The number of carbonyl (C=O) groups is 4. The lowest BCUT2D eigenvalue weighted by atomic mass is 9.99. The number of amides is 5. The van der Waals surface area contributed by atoms with Crippen molar-refractivity contribution < 1.29 is 33.1 Å². The fourth-order valence-corrected chi connectivity index (χ4v) is 4.33. The highest BCUT2D eigenvalue weighted by molar-refractivity contribution is 6.08. The number of furan rings is 1. The molecule has 2 fully saturated rings. The van der Waals surface area contributed by atoms with Crippen molar-refractivity contribution in [3.63, 3.8) is 0 Å². The Kier molecular flexibility index (Phi) is 5.39. The Labute approximate surface area is 195 Å². The molecule has 2 saturated heterocycles. The van der Waals surface area contributed by atoms with Gasteiger partial charge in [0.25, 0.3) is 11.8 Å². The van der Waals surface area contributed by atoms with Crippen LogP contribution in [0.1, 0.15) is 12.7 Å². The molecule has 2 aromatic rings. The van der Waals surface area contributed by atoms with Crippen LogP contribution in [-0.2, 0) is 19.9 Å². The average Bonchev–Trinajstić information content (AvgIpc) is 3.48. The maximum Gasteiger partial charge on any atom is 0.325 e. The fraction of sp³-hybridized carbons (Fsp3) is 0.391. The number of hydrogen-bond acceptors (Lipinski definition) is 7. The number of para-hydroxylation sites is 2. The number of imide groups is 1. The van der Waals surface area contributed by atoms with Crippen LogP contribution in [0.25, 0.3) is 0 Å². The first-order chi connectivity index (χ1) is 16.4. The summed E-state index contributed by atoms with van der Waals surface area (Å²) in [4.78, 5) is 55.1. The number of fused-ring (bicyclic) bond motifs is 1. The van der Waals surface area contributed by atoms with Crippen molar-refractivity contribution in [2.24, 2.45) is 0 Å². The van der Waals surface area contributed by atoms with Crippen LogP contribution in [0.4, 0.5) is 4.79 Å². The summed E-state index contributed by atoms with van der Waals surface area (Å²) in [6.45, 7) is 2.48. The molecule has 1 aromatic carbocycles. The number of hydrogen-bond donors (Lipinski definition) is 1. The maximum atomic E-state index is 12.9. The quantitative estimate of drug-likeness (QED) is 0.651. The third-order valence-corrected chi connectivity index (χ3v) is 6.31. The molecule has 34 heavy (non-hydrogen) atoms. The summed E-state index contributed by atoms with van der Waals surface area (Å²) in [5.74, 6) is 0.297. The van der Waals surface area contributed by atoms with Gasteiger partial charge in [-0.15, -0.1) is 0 Å². The Hall–Kier alpha value is -4.02. The van der Waals surface area contributed by atoms with Crippen LogP contribution in [0.5, 0.6) is 11.5 Å². The molecule has 4 heterocycles. The summed E-state index contributed by atoms with van der Waals surface area (Å²) in [5, 5.41) is 2.60. The zero-order chi connectivity index (χ0) is 23.9. The van der Waals surface area contributed by atoms with Gasteiger partial charge >= 0.3 is 6.03 Å². The van der Waals surface area contributed by atoms with Gasteiger partial charge in [0.05, 0.1) is 6.26 Å². The molecular formula is C23H24N4O7. The molecule has 1 N–H and O–H groups in total. The van der Waals surface area contributed by atoms with Crippen molar-refractivity contribution in [1.29, 1.82) is 0 Å². The molecular weight excluding hydrogens is 444 g/mol. The van der Waals surface area contributed by atoms with Gasteiger partial charge < -0.3 is 29.0 Å². The molecule has 0 aliphatic carbocycles. The smallest absolute Gasteiger partial charge is 0.325 e. The van der Waals surface area contributed by atoms with Crippen LogP contribution in [-0.4, -0.2) is 83.9 Å². The molecule has 178 valence electrons. The van der Waals surface area contributed by atoms with E-state index in [0.29, 0.717) is 30.3 Å². The Morgan fingerprint density at radius 2 is 1.74 bits per heavy atom. The van der Waals surface area contributed by atoms with E-state index in [0.717, 1.165) is 4.90 Å². The number of nitrogens with one attached hydrogen (secondary N) is 1. The largest absolute Gasteiger partial charge is 0.485 e. The Bertz CT molecular complexity index is 1130. The van der Waals surface area contributed by atoms with Crippen molar-refractivity contribution in [3.8, 4) is 11.5 Å². The van der Waals surface area contributed by atoms with Gasteiger partial charge in [-0.2, -0.15) is 0 Å². The topological polar surface area (TPSA) is 122 Å². The monoisotopic (exact) mass is 468 g/mol. The van der Waals surface area contributed by atoms with Crippen LogP contribution in [0.3, 0.4) is 0 Å². The molecule has 5 rings (SSSR count). The zero-order valence-corrected chi connectivity index (χ0v) is 18.6. The molecule has 3 aliphatic rings. The van der Waals surface area contributed by atoms with E-state index in [-0.39, 0.29) is 38.1 Å². The van der Waals surface area contributed by atoms with Gasteiger partial charge in [0.15, 0.2) is 17.0 Å². The van der Waals surface area contributed by atoms with Gasteiger partial charge in [-0.05, 0) is 31.2 Å². The minimum absolute atomic E-state index is 0.121. The summed E-state index contributed by atoms with van der Waals surface area (Å²) in [6, 6.07) is 9.73. The number of ether oxygens (including phenoxy) is 2. The fourth-order valence-electron chi connectivity index (χ4n) is 4.33. The van der Waals surface area contributed by atoms with Gasteiger partial charge in [0.2, 0.25) is 12.0 Å². The van der Waals surface area contributed by atoms with Gasteiger partial charge in [-0.3, -0.25) is 19.3 Å². The van der Waals surface area contributed by atoms with E-state index < -0.39 is 23.6 Å². The Morgan fingerprint density at radius 3 is 2.44 bits per heavy atom. The van der Waals surface area contributed by atoms with E-state index >= 15 is 0 Å². The molecule has 0 spiro atoms. The number of urea groups is 1. The first kappa shape index (κ1) is 21.8. The second-order valence-electron chi connectivity index (χ2n) is 8.49. The van der Waals surface area contributed by atoms with E-state index in [4.69, 9.17) is 13.9 Å². The Balaban J connectivity index is 1.16. The van der Waals surface area contributed by atoms with Gasteiger partial charge in [0, 0.05) is 26.2 Å². The number of rotatable bonds is 4. The molecule has 2 atom stereocenters. The number of benzene rings is 1. The van der Waals surface area contributed by atoms with E-state index in [1.165, 1.54) is 13.2 Å². The minimum atomic E-state index is -1.35. The summed E-state index contributed by atoms with van der Waals surface area (Å²) >= 11 is 0. The highest BCUT2D eigenvalue weighted by Crippen LogP contribution is 2.31. The standard InChI is InChI=1S/C23H24N4O7/c1-23(18-7-4-12-32-18)21(30)27(22(31)24-23)13-19(28)25-8-10-26(11-9-25)20(29)17-14-33-15-5-2-3-6-16(15)34-17/h2-7,12,17H,8-11,13-14H2,1H3,(H,24,31)/t17-,23-/m1/s1. The molecule has 5 amide bonds. The lowest BCUT2D eigenvalue weighted by Crippen LogP contribution is -2.56.